The minimum absolute atomic E-state index is 0.216. The molecule has 112 valence electrons. The molecular weight excluding hydrogens is 288 g/mol. The van der Waals surface area contributed by atoms with Gasteiger partial charge in [0.15, 0.2) is 0 Å². The number of nitrogens with zero attached hydrogens (tertiary/aromatic N) is 1. The zero-order valence-corrected chi connectivity index (χ0v) is 12.0. The number of aryl methyl sites for hydroxylation is 2. The number of H-pyrrole nitrogens is 1. The first-order valence-electron chi connectivity index (χ1n) is 6.67. The molecule has 2 aromatic carbocycles. The van der Waals surface area contributed by atoms with Gasteiger partial charge in [-0.3, -0.25) is 10.1 Å². The number of carbonyl (C=O) groups excluding carboxylic acids is 1. The van der Waals surface area contributed by atoms with E-state index in [0.717, 1.165) is 28.8 Å². The summed E-state index contributed by atoms with van der Waals surface area (Å²) in [4.78, 5) is 19.2. The van der Waals surface area contributed by atoms with Crippen LogP contribution in [-0.4, -0.2) is 15.9 Å². The molecule has 0 saturated carbocycles. The number of nitrogens with one attached hydrogen (secondary N) is 2. The molecule has 0 aliphatic carbocycles. The zero-order valence-electron chi connectivity index (χ0n) is 12.0. The number of imidazole rings is 1. The zero-order chi connectivity index (χ0) is 15.9. The first kappa shape index (κ1) is 14.2. The summed E-state index contributed by atoms with van der Waals surface area (Å²) < 4.78 is 26.4. The minimum Gasteiger partial charge on any atom is -0.324 e. The van der Waals surface area contributed by atoms with Crippen LogP contribution in [0.5, 0.6) is 0 Å². The van der Waals surface area contributed by atoms with Crippen LogP contribution in [0.2, 0.25) is 0 Å². The lowest BCUT2D eigenvalue weighted by molar-refractivity contribution is 0.102. The fourth-order valence-electron chi connectivity index (χ4n) is 2.18. The lowest BCUT2D eigenvalue weighted by Gasteiger charge is -2.03. The van der Waals surface area contributed by atoms with Gasteiger partial charge in [0.25, 0.3) is 5.91 Å². The summed E-state index contributed by atoms with van der Waals surface area (Å²) in [5.74, 6) is -2.12. The number of amides is 1. The third kappa shape index (κ3) is 2.55. The van der Waals surface area contributed by atoms with Crippen molar-refractivity contribution in [2.24, 2.45) is 0 Å². The van der Waals surface area contributed by atoms with E-state index in [1.807, 2.05) is 26.0 Å². The number of anilines is 1. The number of benzene rings is 2. The minimum atomic E-state index is -0.916. The molecule has 0 saturated heterocycles. The van der Waals surface area contributed by atoms with Gasteiger partial charge in [-0.15, -0.1) is 0 Å². The van der Waals surface area contributed by atoms with E-state index in [1.165, 1.54) is 0 Å². The second-order valence-corrected chi connectivity index (χ2v) is 5.12. The average molecular weight is 301 g/mol. The lowest BCUT2D eigenvalue weighted by Crippen LogP contribution is -2.14. The van der Waals surface area contributed by atoms with E-state index in [2.05, 4.69) is 15.3 Å². The van der Waals surface area contributed by atoms with Gasteiger partial charge in [0, 0.05) is 6.07 Å². The number of fused-ring (bicyclic) bond motifs is 1. The number of aromatic nitrogens is 2. The molecule has 3 aromatic rings. The Morgan fingerprint density at radius 2 is 1.86 bits per heavy atom. The Bertz CT molecular complexity index is 847. The summed E-state index contributed by atoms with van der Waals surface area (Å²) in [6, 6.07) is 6.61. The smallest absolute Gasteiger partial charge is 0.260 e. The molecule has 0 bridgehead atoms. The standard InChI is InChI=1S/C16H13F2N3O/c1-8-5-13-14(6-9(8)2)20-16(19-13)21-15(22)11-4-3-10(17)7-12(11)18/h3-7H,1-2H3,(H2,19,20,21,22). The van der Waals surface area contributed by atoms with Crippen LogP contribution in [0.4, 0.5) is 14.7 Å². The quantitative estimate of drug-likeness (QED) is 0.758. The van der Waals surface area contributed by atoms with Crippen molar-refractivity contribution in [3.8, 4) is 0 Å². The highest BCUT2D eigenvalue weighted by Gasteiger charge is 2.14. The first-order valence-corrected chi connectivity index (χ1v) is 6.67. The fraction of sp³-hybridized carbons (Fsp3) is 0.125. The Kier molecular flexibility index (Phi) is 3.36. The molecule has 22 heavy (non-hydrogen) atoms. The third-order valence-corrected chi connectivity index (χ3v) is 3.51. The normalized spacial score (nSPS) is 10.9. The van der Waals surface area contributed by atoms with Gasteiger partial charge in [0.1, 0.15) is 11.6 Å². The van der Waals surface area contributed by atoms with Crippen LogP contribution in [0.15, 0.2) is 30.3 Å². The molecule has 2 N–H and O–H groups in total. The number of aromatic amines is 1. The van der Waals surface area contributed by atoms with Crippen LogP contribution in [0.25, 0.3) is 11.0 Å². The maximum atomic E-state index is 13.6. The number of rotatable bonds is 2. The van der Waals surface area contributed by atoms with E-state index in [4.69, 9.17) is 0 Å². The van der Waals surface area contributed by atoms with Crippen molar-refractivity contribution in [3.05, 3.63) is 58.7 Å². The number of carbonyl (C=O) groups is 1. The van der Waals surface area contributed by atoms with Crippen LogP contribution in [-0.2, 0) is 0 Å². The molecular formula is C16H13F2N3O. The second-order valence-electron chi connectivity index (χ2n) is 5.12. The molecule has 4 nitrogen and oxygen atoms in total. The largest absolute Gasteiger partial charge is 0.324 e. The van der Waals surface area contributed by atoms with Gasteiger partial charge in [0.2, 0.25) is 5.95 Å². The van der Waals surface area contributed by atoms with Crippen molar-refractivity contribution in [2.75, 3.05) is 5.32 Å². The molecule has 0 radical (unpaired) electrons. The van der Waals surface area contributed by atoms with Crippen LogP contribution in [0, 0.1) is 25.5 Å². The van der Waals surface area contributed by atoms with E-state index in [0.29, 0.717) is 11.6 Å². The fourth-order valence-corrected chi connectivity index (χ4v) is 2.18. The molecule has 1 heterocycles. The summed E-state index contributed by atoms with van der Waals surface area (Å²) >= 11 is 0. The van der Waals surface area contributed by atoms with E-state index in [9.17, 15) is 13.6 Å². The Hall–Kier alpha value is -2.76. The van der Waals surface area contributed by atoms with Crippen LogP contribution < -0.4 is 5.32 Å². The van der Waals surface area contributed by atoms with Gasteiger partial charge in [-0.1, -0.05) is 0 Å². The van der Waals surface area contributed by atoms with E-state index in [-0.39, 0.29) is 11.5 Å². The predicted octanol–water partition coefficient (Wildman–Crippen LogP) is 3.71. The van der Waals surface area contributed by atoms with Crippen LogP contribution >= 0.6 is 0 Å². The Balaban J connectivity index is 1.90. The molecule has 1 amide bonds. The second kappa shape index (κ2) is 5.22. The number of halogens is 2. The maximum Gasteiger partial charge on any atom is 0.260 e. The van der Waals surface area contributed by atoms with Crippen molar-refractivity contribution < 1.29 is 13.6 Å². The monoisotopic (exact) mass is 301 g/mol. The van der Waals surface area contributed by atoms with Gasteiger partial charge in [-0.2, -0.15) is 0 Å². The number of hydrogen-bond donors (Lipinski definition) is 2. The molecule has 0 atom stereocenters. The molecule has 3 rings (SSSR count). The van der Waals surface area contributed by atoms with Gasteiger partial charge in [-0.05, 0) is 49.2 Å². The summed E-state index contributed by atoms with van der Waals surface area (Å²) in [7, 11) is 0. The Labute approximate surface area is 125 Å². The van der Waals surface area contributed by atoms with Crippen LogP contribution in [0.1, 0.15) is 21.5 Å². The van der Waals surface area contributed by atoms with Gasteiger partial charge >= 0.3 is 0 Å². The molecule has 0 fully saturated rings. The molecule has 1 aromatic heterocycles. The molecule has 0 aliphatic rings. The highest BCUT2D eigenvalue weighted by molar-refractivity contribution is 6.04. The third-order valence-electron chi connectivity index (χ3n) is 3.51. The van der Waals surface area contributed by atoms with E-state index >= 15 is 0 Å². The predicted molar refractivity (Wildman–Crippen MR) is 79.9 cm³/mol. The van der Waals surface area contributed by atoms with Crippen molar-refractivity contribution in [2.45, 2.75) is 13.8 Å². The number of hydrogen-bond acceptors (Lipinski definition) is 2. The summed E-state index contributed by atoms with van der Waals surface area (Å²) in [5, 5.41) is 2.48. The first-order chi connectivity index (χ1) is 10.4. The van der Waals surface area contributed by atoms with Gasteiger partial charge in [0.05, 0.1) is 16.6 Å². The summed E-state index contributed by atoms with van der Waals surface area (Å²) in [6.07, 6.45) is 0. The highest BCUT2D eigenvalue weighted by atomic mass is 19.1. The lowest BCUT2D eigenvalue weighted by atomic mass is 10.1. The maximum absolute atomic E-state index is 13.6. The highest BCUT2D eigenvalue weighted by Crippen LogP contribution is 2.20. The molecule has 0 spiro atoms. The summed E-state index contributed by atoms with van der Waals surface area (Å²) in [5.41, 5.74) is 3.42. The molecule has 0 aliphatic heterocycles. The molecule has 0 unspecified atom stereocenters. The Morgan fingerprint density at radius 3 is 2.59 bits per heavy atom. The van der Waals surface area contributed by atoms with Gasteiger partial charge in [-0.25, -0.2) is 13.8 Å². The van der Waals surface area contributed by atoms with Crippen LogP contribution in [0.3, 0.4) is 0 Å². The topological polar surface area (TPSA) is 57.8 Å². The average Bonchev–Trinajstić information content (AvgIpc) is 2.80. The SMILES string of the molecule is Cc1cc2nc(NC(=O)c3ccc(F)cc3F)[nH]c2cc1C. The van der Waals surface area contributed by atoms with E-state index in [1.54, 1.807) is 0 Å². The van der Waals surface area contributed by atoms with Crippen molar-refractivity contribution in [1.82, 2.24) is 9.97 Å². The van der Waals surface area contributed by atoms with Crippen molar-refractivity contribution in [3.63, 3.8) is 0 Å². The summed E-state index contributed by atoms with van der Waals surface area (Å²) in [6.45, 7) is 3.94. The Morgan fingerprint density at radius 1 is 1.14 bits per heavy atom. The molecule has 6 heteroatoms. The van der Waals surface area contributed by atoms with E-state index < -0.39 is 17.5 Å². The van der Waals surface area contributed by atoms with Crippen molar-refractivity contribution >= 4 is 22.9 Å². The van der Waals surface area contributed by atoms with Gasteiger partial charge < -0.3 is 4.98 Å². The van der Waals surface area contributed by atoms with Crippen molar-refractivity contribution in [1.29, 1.82) is 0 Å².